The Labute approximate surface area is 196 Å². The summed E-state index contributed by atoms with van der Waals surface area (Å²) in [6.45, 7) is 3.83. The first-order chi connectivity index (χ1) is 16.2. The van der Waals surface area contributed by atoms with Crippen LogP contribution in [0.2, 0.25) is 0 Å². The molecule has 176 valence electrons. The standard InChI is InChI=1S/C26H35N5O2/c1-27-26(28-12-6-13-31-14-9-20-7-4-5-8-25(20)31)29-21-10-15-30(16-11-21)22-17-23(32-2)19-24(18-22)33-3/h4-5,7-9,14,17-19,21H,6,10-13,15-16H2,1-3H3,(H2,27,28,29). The summed E-state index contributed by atoms with van der Waals surface area (Å²) in [4.78, 5) is 6.82. The fraction of sp³-hybridized carbons (Fsp3) is 0.423. The minimum atomic E-state index is 0.411. The largest absolute Gasteiger partial charge is 0.497 e. The molecular formula is C26H35N5O2. The van der Waals surface area contributed by atoms with Gasteiger partial charge in [0.15, 0.2) is 5.96 Å². The molecule has 1 aliphatic rings. The normalized spacial score (nSPS) is 15.0. The second-order valence-electron chi connectivity index (χ2n) is 8.40. The van der Waals surface area contributed by atoms with E-state index in [4.69, 9.17) is 9.47 Å². The molecule has 1 saturated heterocycles. The molecule has 0 aliphatic carbocycles. The van der Waals surface area contributed by atoms with Crippen LogP contribution in [-0.2, 0) is 6.54 Å². The van der Waals surface area contributed by atoms with Crippen LogP contribution >= 0.6 is 0 Å². The van der Waals surface area contributed by atoms with Gasteiger partial charge in [-0.15, -0.1) is 0 Å². The van der Waals surface area contributed by atoms with Gasteiger partial charge in [-0.2, -0.15) is 0 Å². The summed E-state index contributed by atoms with van der Waals surface area (Å²) in [6, 6.07) is 17.2. The highest BCUT2D eigenvalue weighted by Crippen LogP contribution is 2.30. The molecule has 1 aliphatic heterocycles. The maximum absolute atomic E-state index is 5.42. The van der Waals surface area contributed by atoms with Gasteiger partial charge in [-0.1, -0.05) is 18.2 Å². The van der Waals surface area contributed by atoms with Crippen LogP contribution in [0.25, 0.3) is 10.9 Å². The average molecular weight is 450 g/mol. The van der Waals surface area contributed by atoms with Crippen molar-refractivity contribution in [3.63, 3.8) is 0 Å². The monoisotopic (exact) mass is 449 g/mol. The average Bonchev–Trinajstić information content (AvgIpc) is 3.29. The number of aryl methyl sites for hydroxylation is 1. The van der Waals surface area contributed by atoms with E-state index in [2.05, 4.69) is 73.8 Å². The lowest BCUT2D eigenvalue weighted by Crippen LogP contribution is -2.49. The third kappa shape index (κ3) is 5.72. The second kappa shape index (κ2) is 11.0. The van der Waals surface area contributed by atoms with Gasteiger partial charge in [0.05, 0.1) is 14.2 Å². The predicted octanol–water partition coefficient (Wildman–Crippen LogP) is 3.88. The molecule has 2 N–H and O–H groups in total. The van der Waals surface area contributed by atoms with Crippen LogP contribution in [-0.4, -0.2) is 57.5 Å². The maximum Gasteiger partial charge on any atom is 0.191 e. The van der Waals surface area contributed by atoms with E-state index in [1.54, 1.807) is 14.2 Å². The topological polar surface area (TPSA) is 63.1 Å². The zero-order valence-corrected chi connectivity index (χ0v) is 19.9. The highest BCUT2D eigenvalue weighted by molar-refractivity contribution is 5.80. The van der Waals surface area contributed by atoms with E-state index >= 15 is 0 Å². The number of para-hydroxylation sites is 1. The molecule has 0 atom stereocenters. The zero-order chi connectivity index (χ0) is 23.0. The van der Waals surface area contributed by atoms with Crippen LogP contribution in [0.15, 0.2) is 59.7 Å². The predicted molar refractivity (Wildman–Crippen MR) is 136 cm³/mol. The van der Waals surface area contributed by atoms with Crippen LogP contribution in [0, 0.1) is 0 Å². The molecule has 1 fully saturated rings. The van der Waals surface area contributed by atoms with E-state index in [1.807, 2.05) is 13.1 Å². The molecule has 0 unspecified atom stereocenters. The van der Waals surface area contributed by atoms with Crippen molar-refractivity contribution >= 4 is 22.5 Å². The van der Waals surface area contributed by atoms with Crippen LogP contribution in [0.5, 0.6) is 11.5 Å². The Morgan fingerprint density at radius 1 is 1.03 bits per heavy atom. The number of aromatic nitrogens is 1. The van der Waals surface area contributed by atoms with Crippen molar-refractivity contribution in [3.8, 4) is 11.5 Å². The third-order valence-corrected chi connectivity index (χ3v) is 6.31. The van der Waals surface area contributed by atoms with Gasteiger partial charge < -0.3 is 29.6 Å². The summed E-state index contributed by atoms with van der Waals surface area (Å²) in [5.41, 5.74) is 2.44. The number of aliphatic imine (C=N–C) groups is 1. The first kappa shape index (κ1) is 22.8. The quantitative estimate of drug-likeness (QED) is 0.310. The Bertz CT molecular complexity index is 1050. The molecule has 1 aromatic heterocycles. The number of nitrogens with zero attached hydrogens (tertiary/aromatic N) is 3. The Kier molecular flexibility index (Phi) is 7.60. The van der Waals surface area contributed by atoms with Gasteiger partial charge >= 0.3 is 0 Å². The number of methoxy groups -OCH3 is 2. The number of guanidine groups is 1. The number of benzene rings is 2. The maximum atomic E-state index is 5.42. The highest BCUT2D eigenvalue weighted by Gasteiger charge is 2.21. The summed E-state index contributed by atoms with van der Waals surface area (Å²) < 4.78 is 13.2. The second-order valence-corrected chi connectivity index (χ2v) is 8.40. The van der Waals surface area contributed by atoms with Crippen molar-refractivity contribution in [1.82, 2.24) is 15.2 Å². The van der Waals surface area contributed by atoms with Gasteiger partial charge in [-0.25, -0.2) is 0 Å². The summed E-state index contributed by atoms with van der Waals surface area (Å²) in [7, 11) is 5.22. The van der Waals surface area contributed by atoms with Crippen molar-refractivity contribution in [2.45, 2.75) is 31.8 Å². The molecule has 0 radical (unpaired) electrons. The molecule has 7 heteroatoms. The summed E-state index contributed by atoms with van der Waals surface area (Å²) >= 11 is 0. The van der Waals surface area contributed by atoms with E-state index in [9.17, 15) is 0 Å². The smallest absolute Gasteiger partial charge is 0.191 e. The van der Waals surface area contributed by atoms with Gasteiger partial charge in [-0.3, -0.25) is 4.99 Å². The molecule has 4 rings (SSSR count). The number of ether oxygens (including phenoxy) is 2. The number of piperidine rings is 1. The van der Waals surface area contributed by atoms with Gasteiger partial charge in [0.25, 0.3) is 0 Å². The Balaban J connectivity index is 1.22. The van der Waals surface area contributed by atoms with E-state index in [1.165, 1.54) is 10.9 Å². The number of rotatable bonds is 8. The fourth-order valence-electron chi connectivity index (χ4n) is 4.44. The van der Waals surface area contributed by atoms with E-state index in [0.29, 0.717) is 6.04 Å². The molecule has 0 spiro atoms. The lowest BCUT2D eigenvalue weighted by Gasteiger charge is -2.34. The fourth-order valence-corrected chi connectivity index (χ4v) is 4.44. The minimum absolute atomic E-state index is 0.411. The van der Waals surface area contributed by atoms with Gasteiger partial charge in [0, 0.05) is 74.9 Å². The molecule has 0 bridgehead atoms. The molecule has 7 nitrogen and oxygen atoms in total. The van der Waals surface area contributed by atoms with Crippen molar-refractivity contribution in [2.24, 2.45) is 4.99 Å². The third-order valence-electron chi connectivity index (χ3n) is 6.31. The van der Waals surface area contributed by atoms with Crippen LogP contribution < -0.4 is 25.0 Å². The molecule has 0 saturated carbocycles. The zero-order valence-electron chi connectivity index (χ0n) is 19.9. The minimum Gasteiger partial charge on any atom is -0.497 e. The van der Waals surface area contributed by atoms with Gasteiger partial charge in [0.2, 0.25) is 0 Å². The van der Waals surface area contributed by atoms with Crippen LogP contribution in [0.4, 0.5) is 5.69 Å². The number of anilines is 1. The molecule has 33 heavy (non-hydrogen) atoms. The summed E-state index contributed by atoms with van der Waals surface area (Å²) in [5.74, 6) is 2.53. The first-order valence-electron chi connectivity index (χ1n) is 11.7. The lowest BCUT2D eigenvalue weighted by molar-refractivity contribution is 0.393. The Hall–Kier alpha value is -3.35. The molecule has 2 heterocycles. The lowest BCUT2D eigenvalue weighted by atomic mass is 10.0. The van der Waals surface area contributed by atoms with Crippen molar-refractivity contribution in [1.29, 1.82) is 0 Å². The van der Waals surface area contributed by atoms with Crippen molar-refractivity contribution in [3.05, 3.63) is 54.7 Å². The van der Waals surface area contributed by atoms with E-state index < -0.39 is 0 Å². The van der Waals surface area contributed by atoms with Gasteiger partial charge in [-0.05, 0) is 36.8 Å². The van der Waals surface area contributed by atoms with Crippen LogP contribution in [0.1, 0.15) is 19.3 Å². The summed E-state index contributed by atoms with van der Waals surface area (Å²) in [6.07, 6.45) is 5.31. The van der Waals surface area contributed by atoms with Gasteiger partial charge in [0.1, 0.15) is 11.5 Å². The number of nitrogens with one attached hydrogen (secondary N) is 2. The SMILES string of the molecule is CN=C(NCCCn1ccc2ccccc21)NC1CCN(c2cc(OC)cc(OC)c2)CC1. The number of fused-ring (bicyclic) bond motifs is 1. The van der Waals surface area contributed by atoms with Crippen molar-refractivity contribution < 1.29 is 9.47 Å². The molecule has 3 aromatic rings. The Morgan fingerprint density at radius 2 is 1.76 bits per heavy atom. The van der Waals surface area contributed by atoms with Crippen LogP contribution in [0.3, 0.4) is 0 Å². The summed E-state index contributed by atoms with van der Waals surface area (Å²) in [5, 5.41) is 8.37. The number of hydrogen-bond acceptors (Lipinski definition) is 4. The molecule has 2 aromatic carbocycles. The number of hydrogen-bond donors (Lipinski definition) is 2. The first-order valence-corrected chi connectivity index (χ1v) is 11.7. The van der Waals surface area contributed by atoms with Crippen molar-refractivity contribution in [2.75, 3.05) is 45.8 Å². The van der Waals surface area contributed by atoms with E-state index in [0.717, 1.165) is 68.6 Å². The molecular weight excluding hydrogens is 414 g/mol. The highest BCUT2D eigenvalue weighted by atomic mass is 16.5. The van der Waals surface area contributed by atoms with E-state index in [-0.39, 0.29) is 0 Å². The molecule has 0 amide bonds. The Morgan fingerprint density at radius 3 is 2.45 bits per heavy atom.